The Labute approximate surface area is 145 Å². The van der Waals surface area contributed by atoms with Crippen molar-refractivity contribution in [1.29, 1.82) is 0 Å². The molecule has 0 bridgehead atoms. The number of hydrogen-bond donors (Lipinski definition) is 1. The highest BCUT2D eigenvalue weighted by molar-refractivity contribution is 7.92. The molecule has 0 amide bonds. The molecule has 1 fully saturated rings. The van der Waals surface area contributed by atoms with E-state index in [9.17, 15) is 21.2 Å². The Bertz CT molecular complexity index is 1030. The van der Waals surface area contributed by atoms with Crippen molar-refractivity contribution >= 4 is 25.5 Å². The summed E-state index contributed by atoms with van der Waals surface area (Å²) in [5.41, 5.74) is 0.740. The van der Waals surface area contributed by atoms with Crippen LogP contribution in [0.15, 0.2) is 29.2 Å². The van der Waals surface area contributed by atoms with Crippen LogP contribution in [0.5, 0.6) is 0 Å². The van der Waals surface area contributed by atoms with Gasteiger partial charge >= 0.3 is 0 Å². The van der Waals surface area contributed by atoms with Gasteiger partial charge in [0.1, 0.15) is 10.7 Å². The summed E-state index contributed by atoms with van der Waals surface area (Å²) >= 11 is 0. The average Bonchev–Trinajstić information content (AvgIpc) is 2.98. The van der Waals surface area contributed by atoms with Crippen molar-refractivity contribution in [3.63, 3.8) is 0 Å². The van der Waals surface area contributed by atoms with E-state index < -0.39 is 25.7 Å². The van der Waals surface area contributed by atoms with Gasteiger partial charge in [0.05, 0.1) is 34.6 Å². The predicted octanol–water partition coefficient (Wildman–Crippen LogP) is 1.80. The lowest BCUT2D eigenvalue weighted by Gasteiger charge is -2.12. The van der Waals surface area contributed by atoms with Crippen LogP contribution in [0.4, 0.5) is 10.1 Å². The number of aromatic nitrogens is 2. The maximum Gasteiger partial charge on any atom is 0.265 e. The molecule has 1 N–H and O–H groups in total. The number of rotatable bonds is 4. The van der Waals surface area contributed by atoms with Crippen molar-refractivity contribution in [3.8, 4) is 0 Å². The van der Waals surface area contributed by atoms with Gasteiger partial charge in [-0.3, -0.25) is 9.40 Å². The molecule has 0 radical (unpaired) electrons. The van der Waals surface area contributed by atoms with Crippen LogP contribution in [-0.2, 0) is 19.9 Å². The zero-order valence-corrected chi connectivity index (χ0v) is 15.4. The molecule has 1 aliphatic heterocycles. The SMILES string of the molecule is Cc1nn(C2CCS(=O)(=O)C2)c(C)c1S(=O)(=O)Nc1cccc(F)c1. The van der Waals surface area contributed by atoms with Gasteiger partial charge in [-0.2, -0.15) is 5.10 Å². The molecular weight excluding hydrogens is 369 g/mol. The first kappa shape index (κ1) is 17.9. The van der Waals surface area contributed by atoms with Crippen molar-refractivity contribution in [1.82, 2.24) is 9.78 Å². The number of sulfone groups is 1. The van der Waals surface area contributed by atoms with Crippen LogP contribution in [-0.4, -0.2) is 38.1 Å². The first-order valence-electron chi connectivity index (χ1n) is 7.63. The largest absolute Gasteiger partial charge is 0.279 e. The molecule has 1 unspecified atom stereocenters. The van der Waals surface area contributed by atoms with E-state index in [1.165, 1.54) is 22.9 Å². The topological polar surface area (TPSA) is 98.1 Å². The monoisotopic (exact) mass is 387 g/mol. The van der Waals surface area contributed by atoms with Gasteiger partial charge < -0.3 is 0 Å². The van der Waals surface area contributed by atoms with E-state index in [-0.39, 0.29) is 33.8 Å². The fraction of sp³-hybridized carbons (Fsp3) is 0.400. The van der Waals surface area contributed by atoms with Gasteiger partial charge in [0, 0.05) is 0 Å². The van der Waals surface area contributed by atoms with Crippen LogP contribution < -0.4 is 4.72 Å². The van der Waals surface area contributed by atoms with Crippen molar-refractivity contribution in [2.75, 3.05) is 16.2 Å². The van der Waals surface area contributed by atoms with Crippen LogP contribution in [0.1, 0.15) is 23.9 Å². The Balaban J connectivity index is 1.97. The molecule has 1 saturated heterocycles. The molecule has 2 aromatic rings. The number of benzene rings is 1. The number of aryl methyl sites for hydroxylation is 1. The first-order chi connectivity index (χ1) is 11.6. The number of halogens is 1. The Morgan fingerprint density at radius 2 is 2.04 bits per heavy atom. The summed E-state index contributed by atoms with van der Waals surface area (Å²) in [6.45, 7) is 3.14. The van der Waals surface area contributed by atoms with Gasteiger partial charge in [-0.15, -0.1) is 0 Å². The third-order valence-corrected chi connectivity index (χ3v) is 7.54. The summed E-state index contributed by atoms with van der Waals surface area (Å²) in [5, 5.41) is 4.24. The highest BCUT2D eigenvalue weighted by Crippen LogP contribution is 2.29. The number of nitrogens with one attached hydrogen (secondary N) is 1. The van der Waals surface area contributed by atoms with E-state index in [1.54, 1.807) is 13.8 Å². The van der Waals surface area contributed by atoms with Crippen LogP contribution in [0.3, 0.4) is 0 Å². The van der Waals surface area contributed by atoms with Crippen molar-refractivity contribution in [2.45, 2.75) is 31.2 Å². The van der Waals surface area contributed by atoms with Crippen LogP contribution >= 0.6 is 0 Å². The Kier molecular flexibility index (Phi) is 4.36. The minimum Gasteiger partial charge on any atom is -0.279 e. The molecule has 0 saturated carbocycles. The van der Waals surface area contributed by atoms with Gasteiger partial charge in [0.15, 0.2) is 9.84 Å². The van der Waals surface area contributed by atoms with Gasteiger partial charge in [0.2, 0.25) is 0 Å². The lowest BCUT2D eigenvalue weighted by atomic mass is 10.2. The molecule has 2 heterocycles. The van der Waals surface area contributed by atoms with E-state index in [0.717, 1.165) is 6.07 Å². The zero-order chi connectivity index (χ0) is 18.4. The highest BCUT2D eigenvalue weighted by Gasteiger charge is 2.33. The van der Waals surface area contributed by atoms with Crippen molar-refractivity contribution in [2.24, 2.45) is 0 Å². The molecule has 3 rings (SSSR count). The lowest BCUT2D eigenvalue weighted by molar-refractivity contribution is 0.484. The predicted molar refractivity (Wildman–Crippen MR) is 91.2 cm³/mol. The molecule has 1 aliphatic rings. The summed E-state index contributed by atoms with van der Waals surface area (Å²) in [6, 6.07) is 4.77. The first-order valence-corrected chi connectivity index (χ1v) is 10.9. The quantitative estimate of drug-likeness (QED) is 0.863. The molecule has 10 heteroatoms. The molecular formula is C15H18FN3O4S2. The number of anilines is 1. The standard InChI is InChI=1S/C15H18FN3O4S2/c1-10-15(25(22,23)18-13-5-3-4-12(16)8-13)11(2)19(17-10)14-6-7-24(20,21)9-14/h3-5,8,14,18H,6-7,9H2,1-2H3. The van der Waals surface area contributed by atoms with Gasteiger partial charge in [-0.25, -0.2) is 21.2 Å². The molecule has 7 nitrogen and oxygen atoms in total. The van der Waals surface area contributed by atoms with E-state index in [0.29, 0.717) is 12.1 Å². The third kappa shape index (κ3) is 3.54. The molecule has 1 aromatic carbocycles. The smallest absolute Gasteiger partial charge is 0.265 e. The summed E-state index contributed by atoms with van der Waals surface area (Å²) in [6.07, 6.45) is 0.404. The van der Waals surface area contributed by atoms with Gasteiger partial charge in [-0.1, -0.05) is 6.07 Å². The minimum absolute atomic E-state index is 0.0129. The maximum atomic E-state index is 13.3. The van der Waals surface area contributed by atoms with Gasteiger partial charge in [0.25, 0.3) is 10.0 Å². The maximum absolute atomic E-state index is 13.3. The van der Waals surface area contributed by atoms with E-state index in [4.69, 9.17) is 0 Å². The number of sulfonamides is 1. The van der Waals surface area contributed by atoms with E-state index in [1.807, 2.05) is 0 Å². The fourth-order valence-electron chi connectivity index (χ4n) is 3.12. The second-order valence-electron chi connectivity index (χ2n) is 6.12. The Morgan fingerprint density at radius 1 is 1.32 bits per heavy atom. The Hall–Kier alpha value is -1.94. The summed E-state index contributed by atoms with van der Waals surface area (Å²) in [5.74, 6) is -0.536. The Morgan fingerprint density at radius 3 is 2.64 bits per heavy atom. The zero-order valence-electron chi connectivity index (χ0n) is 13.7. The number of hydrogen-bond acceptors (Lipinski definition) is 5. The third-order valence-electron chi connectivity index (χ3n) is 4.16. The highest BCUT2D eigenvalue weighted by atomic mass is 32.2. The molecule has 0 aliphatic carbocycles. The normalized spacial score (nSPS) is 19.9. The summed E-state index contributed by atoms with van der Waals surface area (Å²) in [4.78, 5) is -0.0129. The van der Waals surface area contributed by atoms with Gasteiger partial charge in [-0.05, 0) is 38.5 Å². The molecule has 25 heavy (non-hydrogen) atoms. The van der Waals surface area contributed by atoms with Crippen LogP contribution in [0.2, 0.25) is 0 Å². The lowest BCUT2D eigenvalue weighted by Crippen LogP contribution is -2.17. The van der Waals surface area contributed by atoms with E-state index >= 15 is 0 Å². The second kappa shape index (κ2) is 6.10. The van der Waals surface area contributed by atoms with Crippen molar-refractivity contribution < 1.29 is 21.2 Å². The minimum atomic E-state index is -3.98. The molecule has 0 spiro atoms. The molecule has 1 atom stereocenters. The number of nitrogens with zero attached hydrogens (tertiary/aromatic N) is 2. The summed E-state index contributed by atoms with van der Waals surface area (Å²) in [7, 11) is -7.10. The van der Waals surface area contributed by atoms with Crippen LogP contribution in [0.25, 0.3) is 0 Å². The van der Waals surface area contributed by atoms with E-state index in [2.05, 4.69) is 9.82 Å². The van der Waals surface area contributed by atoms with Crippen LogP contribution in [0, 0.1) is 19.7 Å². The molecule has 1 aromatic heterocycles. The van der Waals surface area contributed by atoms with Crippen molar-refractivity contribution in [3.05, 3.63) is 41.5 Å². The average molecular weight is 387 g/mol. The molecule has 136 valence electrons. The summed E-state index contributed by atoms with van der Waals surface area (Å²) < 4.78 is 65.9. The fourth-order valence-corrected chi connectivity index (χ4v) is 6.26. The second-order valence-corrected chi connectivity index (χ2v) is 9.97.